The van der Waals surface area contributed by atoms with E-state index in [4.69, 9.17) is 9.97 Å². The van der Waals surface area contributed by atoms with Crippen LogP contribution in [0, 0.1) is 0 Å². The number of aromatic nitrogens is 2. The third kappa shape index (κ3) is 3.93. The molecule has 0 aliphatic carbocycles. The lowest BCUT2D eigenvalue weighted by molar-refractivity contribution is 0.322. The molecular formula is C21H31N5. The standard InChI is InChI=1S/C21H31N5/c1-25-13-9-10-17(25)16-22-21-23-19-12-6-5-11-18(19)20(24-21)26-14-7-3-2-4-8-15-26/h5-6,11-12,17H,2-4,7-10,13-16H2,1H3,(H,22,23,24). The fourth-order valence-electron chi connectivity index (χ4n) is 4.29. The molecule has 2 aromatic rings. The second-order valence-electron chi connectivity index (χ2n) is 7.80. The van der Waals surface area contributed by atoms with Crippen molar-refractivity contribution >= 4 is 22.7 Å². The summed E-state index contributed by atoms with van der Waals surface area (Å²) in [5.74, 6) is 1.89. The summed E-state index contributed by atoms with van der Waals surface area (Å²) in [5.41, 5.74) is 1.04. The zero-order valence-corrected chi connectivity index (χ0v) is 16.0. The molecule has 0 spiro atoms. The highest BCUT2D eigenvalue weighted by atomic mass is 15.2. The summed E-state index contributed by atoms with van der Waals surface area (Å²) < 4.78 is 0. The van der Waals surface area contributed by atoms with Gasteiger partial charge in [-0.3, -0.25) is 0 Å². The average molecular weight is 354 g/mol. The van der Waals surface area contributed by atoms with Crippen molar-refractivity contribution in [2.75, 3.05) is 43.4 Å². The van der Waals surface area contributed by atoms with Crippen LogP contribution in [-0.2, 0) is 0 Å². The highest BCUT2D eigenvalue weighted by Gasteiger charge is 2.21. The van der Waals surface area contributed by atoms with Gasteiger partial charge in [-0.25, -0.2) is 4.98 Å². The van der Waals surface area contributed by atoms with Gasteiger partial charge in [0.2, 0.25) is 5.95 Å². The van der Waals surface area contributed by atoms with Crippen LogP contribution in [-0.4, -0.2) is 54.1 Å². The Hall–Kier alpha value is -1.88. The molecule has 0 saturated carbocycles. The lowest BCUT2D eigenvalue weighted by Crippen LogP contribution is -2.32. The van der Waals surface area contributed by atoms with Crippen LogP contribution in [0.25, 0.3) is 10.9 Å². The SMILES string of the molecule is CN1CCCC1CNc1nc(N2CCCCCCC2)c2ccccc2n1. The van der Waals surface area contributed by atoms with Crippen LogP contribution < -0.4 is 10.2 Å². The second kappa shape index (κ2) is 8.21. The van der Waals surface area contributed by atoms with Gasteiger partial charge in [-0.05, 0) is 51.4 Å². The molecule has 0 amide bonds. The number of likely N-dealkylation sites (tertiary alicyclic amines) is 1. The maximum atomic E-state index is 4.97. The maximum absolute atomic E-state index is 4.97. The van der Waals surface area contributed by atoms with E-state index in [1.807, 2.05) is 0 Å². The lowest BCUT2D eigenvalue weighted by atomic mass is 10.1. The Morgan fingerprint density at radius 2 is 1.73 bits per heavy atom. The van der Waals surface area contributed by atoms with E-state index in [9.17, 15) is 0 Å². The highest BCUT2D eigenvalue weighted by molar-refractivity contribution is 5.90. The minimum absolute atomic E-state index is 0.593. The number of hydrogen-bond acceptors (Lipinski definition) is 5. The van der Waals surface area contributed by atoms with Crippen molar-refractivity contribution in [2.24, 2.45) is 0 Å². The third-order valence-electron chi connectivity index (χ3n) is 5.91. The molecule has 0 radical (unpaired) electrons. The fraction of sp³-hybridized carbons (Fsp3) is 0.619. The van der Waals surface area contributed by atoms with E-state index in [0.717, 1.165) is 36.9 Å². The van der Waals surface area contributed by atoms with Gasteiger partial charge in [0.05, 0.1) is 5.52 Å². The van der Waals surface area contributed by atoms with Crippen molar-refractivity contribution < 1.29 is 0 Å². The smallest absolute Gasteiger partial charge is 0.225 e. The van der Waals surface area contributed by atoms with Gasteiger partial charge in [0.15, 0.2) is 0 Å². The van der Waals surface area contributed by atoms with Crippen LogP contribution in [0.1, 0.15) is 44.9 Å². The van der Waals surface area contributed by atoms with Crippen LogP contribution in [0.3, 0.4) is 0 Å². The second-order valence-corrected chi connectivity index (χ2v) is 7.80. The first-order chi connectivity index (χ1) is 12.8. The maximum Gasteiger partial charge on any atom is 0.225 e. The molecule has 1 N–H and O–H groups in total. The Labute approximate surface area is 156 Å². The van der Waals surface area contributed by atoms with Crippen molar-refractivity contribution in [3.05, 3.63) is 24.3 Å². The molecule has 5 nitrogen and oxygen atoms in total. The van der Waals surface area contributed by atoms with Gasteiger partial charge in [-0.15, -0.1) is 0 Å². The summed E-state index contributed by atoms with van der Waals surface area (Å²) >= 11 is 0. The number of nitrogens with one attached hydrogen (secondary N) is 1. The Bertz CT molecular complexity index is 723. The van der Waals surface area contributed by atoms with E-state index in [2.05, 4.69) is 46.4 Å². The molecule has 1 aromatic heterocycles. The molecule has 2 saturated heterocycles. The first-order valence-electron chi connectivity index (χ1n) is 10.3. The highest BCUT2D eigenvalue weighted by Crippen LogP contribution is 2.27. The van der Waals surface area contributed by atoms with Gasteiger partial charge in [-0.1, -0.05) is 31.4 Å². The lowest BCUT2D eigenvalue weighted by Gasteiger charge is -2.27. The molecular weight excluding hydrogens is 322 g/mol. The molecule has 140 valence electrons. The van der Waals surface area contributed by atoms with Gasteiger partial charge in [0, 0.05) is 31.1 Å². The first-order valence-corrected chi connectivity index (χ1v) is 10.3. The van der Waals surface area contributed by atoms with Crippen molar-refractivity contribution in [1.29, 1.82) is 0 Å². The van der Waals surface area contributed by atoms with E-state index in [1.54, 1.807) is 0 Å². The average Bonchev–Trinajstić information content (AvgIpc) is 3.04. The van der Waals surface area contributed by atoms with E-state index in [0.29, 0.717) is 6.04 Å². The minimum atomic E-state index is 0.593. The van der Waals surface area contributed by atoms with Crippen LogP contribution in [0.2, 0.25) is 0 Å². The van der Waals surface area contributed by atoms with Crippen LogP contribution >= 0.6 is 0 Å². The quantitative estimate of drug-likeness (QED) is 0.903. The summed E-state index contributed by atoms with van der Waals surface area (Å²) in [6.45, 7) is 4.33. The summed E-state index contributed by atoms with van der Waals surface area (Å²) in [6, 6.07) is 9.03. The molecule has 1 aromatic carbocycles. The monoisotopic (exact) mass is 353 g/mol. The molecule has 1 unspecified atom stereocenters. The zero-order valence-electron chi connectivity index (χ0n) is 16.0. The Kier molecular flexibility index (Phi) is 5.54. The van der Waals surface area contributed by atoms with Gasteiger partial charge >= 0.3 is 0 Å². The minimum Gasteiger partial charge on any atom is -0.356 e. The number of hydrogen-bond donors (Lipinski definition) is 1. The fourth-order valence-corrected chi connectivity index (χ4v) is 4.29. The summed E-state index contributed by atoms with van der Waals surface area (Å²) in [5, 5.41) is 4.70. The summed E-state index contributed by atoms with van der Waals surface area (Å²) in [4.78, 5) is 14.7. The van der Waals surface area contributed by atoms with Crippen molar-refractivity contribution in [1.82, 2.24) is 14.9 Å². The Morgan fingerprint density at radius 1 is 0.962 bits per heavy atom. The van der Waals surface area contributed by atoms with Crippen LogP contribution in [0.15, 0.2) is 24.3 Å². The predicted molar refractivity (Wildman–Crippen MR) is 109 cm³/mol. The molecule has 1 atom stereocenters. The Morgan fingerprint density at radius 3 is 2.50 bits per heavy atom. The van der Waals surface area contributed by atoms with Gasteiger partial charge in [-0.2, -0.15) is 4.98 Å². The molecule has 4 rings (SSSR count). The molecule has 0 bridgehead atoms. The number of benzene rings is 1. The van der Waals surface area contributed by atoms with Gasteiger partial charge < -0.3 is 15.1 Å². The van der Waals surface area contributed by atoms with E-state index in [-0.39, 0.29) is 0 Å². The van der Waals surface area contributed by atoms with E-state index in [1.165, 1.54) is 56.9 Å². The molecule has 3 heterocycles. The number of para-hydroxylation sites is 1. The molecule has 2 aliphatic rings. The van der Waals surface area contributed by atoms with Crippen molar-refractivity contribution in [2.45, 2.75) is 51.0 Å². The van der Waals surface area contributed by atoms with Crippen molar-refractivity contribution in [3.8, 4) is 0 Å². The topological polar surface area (TPSA) is 44.3 Å². The number of anilines is 2. The van der Waals surface area contributed by atoms with Crippen LogP contribution in [0.5, 0.6) is 0 Å². The molecule has 2 aliphatic heterocycles. The Balaban J connectivity index is 1.59. The number of fused-ring (bicyclic) bond motifs is 1. The third-order valence-corrected chi connectivity index (χ3v) is 5.91. The van der Waals surface area contributed by atoms with Crippen LogP contribution in [0.4, 0.5) is 11.8 Å². The molecule has 2 fully saturated rings. The molecule has 26 heavy (non-hydrogen) atoms. The van der Waals surface area contributed by atoms with Gasteiger partial charge in [0.1, 0.15) is 5.82 Å². The largest absolute Gasteiger partial charge is 0.356 e. The van der Waals surface area contributed by atoms with E-state index < -0.39 is 0 Å². The summed E-state index contributed by atoms with van der Waals surface area (Å²) in [7, 11) is 2.21. The zero-order chi connectivity index (χ0) is 17.8. The number of rotatable bonds is 4. The molecule has 5 heteroatoms. The number of likely N-dealkylation sites (N-methyl/N-ethyl adjacent to an activating group) is 1. The van der Waals surface area contributed by atoms with Crippen molar-refractivity contribution in [3.63, 3.8) is 0 Å². The normalized spacial score (nSPS) is 22.3. The van der Waals surface area contributed by atoms with Gasteiger partial charge in [0.25, 0.3) is 0 Å². The summed E-state index contributed by atoms with van der Waals surface area (Å²) in [6.07, 6.45) is 9.11. The predicted octanol–water partition coefficient (Wildman–Crippen LogP) is 3.91. The first kappa shape index (κ1) is 17.5. The number of nitrogens with zero attached hydrogens (tertiary/aromatic N) is 4. The van der Waals surface area contributed by atoms with E-state index >= 15 is 0 Å².